The van der Waals surface area contributed by atoms with Crippen molar-refractivity contribution in [2.24, 2.45) is 5.41 Å². The maximum Gasteiger partial charge on any atom is 0.167 e. The summed E-state index contributed by atoms with van der Waals surface area (Å²) in [5.41, 5.74) is -0.0380. The third-order valence-electron chi connectivity index (χ3n) is 2.21. The zero-order valence-electron chi connectivity index (χ0n) is 7.86. The molecule has 2 aliphatic rings. The minimum atomic E-state index is -0.659. The third-order valence-corrected chi connectivity index (χ3v) is 4.18. The number of hydrogen-bond donors (Lipinski definition) is 0. The smallest absolute Gasteiger partial charge is 0.167 e. The van der Waals surface area contributed by atoms with Gasteiger partial charge in [-0.3, -0.25) is 0 Å². The summed E-state index contributed by atoms with van der Waals surface area (Å²) in [5, 5.41) is 0. The Morgan fingerprint density at radius 3 is 1.38 bits per heavy atom. The van der Waals surface area contributed by atoms with Crippen molar-refractivity contribution < 1.29 is 18.1 Å². The minimum Gasteiger partial charge on any atom is -0.333 e. The van der Waals surface area contributed by atoms with E-state index in [1.54, 1.807) is 0 Å². The van der Waals surface area contributed by atoms with Crippen molar-refractivity contribution in [2.75, 3.05) is 39.8 Å². The van der Waals surface area contributed by atoms with Gasteiger partial charge in [0.25, 0.3) is 0 Å². The monoisotopic (exact) mass is 224 g/mol. The van der Waals surface area contributed by atoms with Gasteiger partial charge >= 0.3 is 0 Å². The first kappa shape index (κ1) is 10.2. The fourth-order valence-corrected chi connectivity index (χ4v) is 3.21. The van der Waals surface area contributed by atoms with Gasteiger partial charge < -0.3 is 18.1 Å². The van der Waals surface area contributed by atoms with Gasteiger partial charge in [-0.1, -0.05) is 0 Å². The second kappa shape index (κ2) is 4.06. The SMILES string of the molecule is CP1OCC2(CO1)COP(C)OC2. The van der Waals surface area contributed by atoms with Crippen molar-refractivity contribution in [3.05, 3.63) is 0 Å². The van der Waals surface area contributed by atoms with Crippen LogP contribution in [0.15, 0.2) is 0 Å². The Kier molecular flexibility index (Phi) is 3.19. The van der Waals surface area contributed by atoms with Crippen molar-refractivity contribution in [1.82, 2.24) is 0 Å². The molecule has 0 atom stereocenters. The third kappa shape index (κ3) is 2.38. The van der Waals surface area contributed by atoms with Gasteiger partial charge in [-0.15, -0.1) is 0 Å². The van der Waals surface area contributed by atoms with Crippen LogP contribution >= 0.6 is 16.8 Å². The first-order valence-corrected chi connectivity index (χ1v) is 7.44. The highest BCUT2D eigenvalue weighted by atomic mass is 31.2. The van der Waals surface area contributed by atoms with E-state index in [1.807, 2.05) is 13.3 Å². The second-order valence-electron chi connectivity index (χ2n) is 3.47. The van der Waals surface area contributed by atoms with Crippen LogP contribution in [0.25, 0.3) is 0 Å². The minimum absolute atomic E-state index is 0.0380. The van der Waals surface area contributed by atoms with E-state index in [0.717, 1.165) is 0 Å². The van der Waals surface area contributed by atoms with Crippen molar-refractivity contribution in [2.45, 2.75) is 0 Å². The van der Waals surface area contributed by atoms with Crippen LogP contribution in [0.5, 0.6) is 0 Å². The lowest BCUT2D eigenvalue weighted by molar-refractivity contribution is -0.0515. The van der Waals surface area contributed by atoms with Gasteiger partial charge in [-0.05, 0) is 0 Å². The van der Waals surface area contributed by atoms with Crippen molar-refractivity contribution >= 4 is 16.8 Å². The van der Waals surface area contributed by atoms with Gasteiger partial charge in [0, 0.05) is 13.3 Å². The Hall–Kier alpha value is 0.700. The van der Waals surface area contributed by atoms with Gasteiger partial charge in [0.1, 0.15) is 0 Å². The lowest BCUT2D eigenvalue weighted by Gasteiger charge is -2.41. The summed E-state index contributed by atoms with van der Waals surface area (Å²) in [6.07, 6.45) is 0. The highest BCUT2D eigenvalue weighted by Crippen LogP contribution is 2.49. The van der Waals surface area contributed by atoms with E-state index in [2.05, 4.69) is 0 Å². The zero-order valence-corrected chi connectivity index (χ0v) is 9.64. The molecule has 2 saturated heterocycles. The van der Waals surface area contributed by atoms with E-state index in [9.17, 15) is 0 Å². The summed E-state index contributed by atoms with van der Waals surface area (Å²) in [4.78, 5) is 0. The lowest BCUT2D eigenvalue weighted by Crippen LogP contribution is -2.44. The van der Waals surface area contributed by atoms with Crippen LogP contribution in [0.4, 0.5) is 0 Å². The Morgan fingerprint density at radius 2 is 1.08 bits per heavy atom. The van der Waals surface area contributed by atoms with Crippen LogP contribution in [-0.4, -0.2) is 39.8 Å². The lowest BCUT2D eigenvalue weighted by atomic mass is 9.93. The highest BCUT2D eigenvalue weighted by Gasteiger charge is 2.40. The molecule has 13 heavy (non-hydrogen) atoms. The molecule has 0 aromatic rings. The van der Waals surface area contributed by atoms with Crippen molar-refractivity contribution in [3.63, 3.8) is 0 Å². The van der Waals surface area contributed by atoms with E-state index in [4.69, 9.17) is 18.1 Å². The molecule has 2 rings (SSSR count). The first-order valence-electron chi connectivity index (χ1n) is 4.19. The summed E-state index contributed by atoms with van der Waals surface area (Å²) in [6, 6.07) is 0. The Labute approximate surface area is 80.7 Å². The normalized spacial score (nSPS) is 46.6. The van der Waals surface area contributed by atoms with Crippen LogP contribution in [0.2, 0.25) is 0 Å². The van der Waals surface area contributed by atoms with Crippen LogP contribution in [0.3, 0.4) is 0 Å². The predicted molar refractivity (Wildman–Crippen MR) is 51.9 cm³/mol. The van der Waals surface area contributed by atoms with E-state index in [1.165, 1.54) is 0 Å². The predicted octanol–water partition coefficient (Wildman–Crippen LogP) is 1.95. The highest BCUT2D eigenvalue weighted by molar-refractivity contribution is 7.46. The van der Waals surface area contributed by atoms with Crippen molar-refractivity contribution in [3.8, 4) is 0 Å². The van der Waals surface area contributed by atoms with Gasteiger partial charge in [0.2, 0.25) is 0 Å². The second-order valence-corrected chi connectivity index (χ2v) is 6.26. The molecule has 0 bridgehead atoms. The number of rotatable bonds is 0. The summed E-state index contributed by atoms with van der Waals surface area (Å²) >= 11 is 0. The Morgan fingerprint density at radius 1 is 0.769 bits per heavy atom. The van der Waals surface area contributed by atoms with E-state index < -0.39 is 16.8 Å². The van der Waals surface area contributed by atoms with Gasteiger partial charge in [0.15, 0.2) is 16.8 Å². The molecular formula is C7H14O4P2. The molecule has 0 amide bonds. The summed E-state index contributed by atoms with van der Waals surface area (Å²) in [5.74, 6) is 0. The average Bonchev–Trinajstić information content (AvgIpc) is 2.16. The first-order chi connectivity index (χ1) is 6.20. The fourth-order valence-electron chi connectivity index (χ4n) is 1.24. The zero-order chi connectivity index (χ0) is 9.31. The maximum atomic E-state index is 5.50. The molecule has 2 aliphatic heterocycles. The molecule has 2 heterocycles. The molecule has 4 nitrogen and oxygen atoms in total. The van der Waals surface area contributed by atoms with Crippen LogP contribution in [-0.2, 0) is 18.1 Å². The quantitative estimate of drug-likeness (QED) is 0.589. The van der Waals surface area contributed by atoms with E-state index in [0.29, 0.717) is 26.4 Å². The largest absolute Gasteiger partial charge is 0.333 e. The average molecular weight is 224 g/mol. The standard InChI is InChI=1S/C7H14O4P2/c1-12-8-3-7(4-9-12)5-10-13(2)11-6-7/h3-6H2,1-2H3. The van der Waals surface area contributed by atoms with Gasteiger partial charge in [0.05, 0.1) is 31.8 Å². The molecule has 0 radical (unpaired) electrons. The van der Waals surface area contributed by atoms with E-state index >= 15 is 0 Å². The van der Waals surface area contributed by atoms with Gasteiger partial charge in [-0.25, -0.2) is 0 Å². The van der Waals surface area contributed by atoms with Crippen LogP contribution in [0, 0.1) is 5.41 Å². The molecule has 0 aromatic carbocycles. The van der Waals surface area contributed by atoms with Crippen LogP contribution < -0.4 is 0 Å². The van der Waals surface area contributed by atoms with Gasteiger partial charge in [-0.2, -0.15) is 0 Å². The molecule has 0 saturated carbocycles. The fraction of sp³-hybridized carbons (Fsp3) is 1.00. The summed E-state index contributed by atoms with van der Waals surface area (Å²) < 4.78 is 22.0. The van der Waals surface area contributed by atoms with Crippen LogP contribution in [0.1, 0.15) is 0 Å². The molecule has 0 aromatic heterocycles. The summed E-state index contributed by atoms with van der Waals surface area (Å²) in [6.45, 7) is 6.77. The summed E-state index contributed by atoms with van der Waals surface area (Å²) in [7, 11) is -1.32. The molecule has 1 spiro atoms. The Bertz CT molecular complexity index is 150. The number of hydrogen-bond acceptors (Lipinski definition) is 4. The molecule has 0 N–H and O–H groups in total. The topological polar surface area (TPSA) is 36.9 Å². The van der Waals surface area contributed by atoms with Crippen molar-refractivity contribution in [1.29, 1.82) is 0 Å². The molecule has 76 valence electrons. The molecule has 6 heteroatoms. The molecule has 0 unspecified atom stereocenters. The molecular weight excluding hydrogens is 210 g/mol. The van der Waals surface area contributed by atoms with E-state index in [-0.39, 0.29) is 5.41 Å². The molecule has 2 fully saturated rings. The Balaban J connectivity index is 1.90. The maximum absolute atomic E-state index is 5.50. The molecule has 0 aliphatic carbocycles.